The van der Waals surface area contributed by atoms with Gasteiger partial charge < -0.3 is 0 Å². The summed E-state index contributed by atoms with van der Waals surface area (Å²) in [6, 6.07) is 0. The van der Waals surface area contributed by atoms with Crippen LogP contribution in [0.4, 0.5) is 0 Å². The van der Waals surface area contributed by atoms with Crippen molar-refractivity contribution in [1.82, 2.24) is 0 Å². The molecule has 0 aromatic rings. The van der Waals surface area contributed by atoms with E-state index in [1.54, 1.807) is 13.0 Å². The number of rotatable bonds is 1. The topological polar surface area (TPSA) is 26.3 Å². The Labute approximate surface area is 53.8 Å². The minimum atomic E-state index is 0.0255. The molecule has 1 aliphatic heterocycles. The van der Waals surface area contributed by atoms with Crippen molar-refractivity contribution in [3.63, 3.8) is 0 Å². The first-order valence-corrected chi connectivity index (χ1v) is 2.69. The summed E-state index contributed by atoms with van der Waals surface area (Å²) >= 11 is 0. The predicted octanol–water partition coefficient (Wildman–Crippen LogP) is 1.20. The third-order valence-corrected chi connectivity index (χ3v) is 1.17. The zero-order valence-corrected chi connectivity index (χ0v) is 5.39. The molecule has 0 radical (unpaired) electrons. The Bertz CT molecular complexity index is 199. The Kier molecular flexibility index (Phi) is 1.33. The van der Waals surface area contributed by atoms with Crippen LogP contribution in [0, 0.1) is 6.26 Å². The van der Waals surface area contributed by atoms with Gasteiger partial charge in [-0.25, -0.2) is 0 Å². The SMILES string of the molecule is CC(=O)C1=C(C)O[C+]=C1. The van der Waals surface area contributed by atoms with Crippen LogP contribution in [0.1, 0.15) is 13.8 Å². The molecular weight excluding hydrogens is 116 g/mol. The molecule has 0 atom stereocenters. The van der Waals surface area contributed by atoms with Gasteiger partial charge in [0.15, 0.2) is 6.08 Å². The maximum Gasteiger partial charge on any atom is 0.275 e. The zero-order valence-electron chi connectivity index (χ0n) is 5.39. The number of carbonyl (C=O) groups is 1. The highest BCUT2D eigenvalue weighted by Crippen LogP contribution is 2.14. The maximum absolute atomic E-state index is 10.6. The lowest BCUT2D eigenvalue weighted by Crippen LogP contribution is -1.93. The fourth-order valence-electron chi connectivity index (χ4n) is 0.683. The summed E-state index contributed by atoms with van der Waals surface area (Å²) in [7, 11) is 0. The molecule has 9 heavy (non-hydrogen) atoms. The normalized spacial score (nSPS) is 15.3. The molecule has 2 heteroatoms. The van der Waals surface area contributed by atoms with Crippen LogP contribution < -0.4 is 0 Å². The predicted molar refractivity (Wildman–Crippen MR) is 32.3 cm³/mol. The van der Waals surface area contributed by atoms with Gasteiger partial charge in [0.05, 0.1) is 6.92 Å². The first-order valence-electron chi connectivity index (χ1n) is 2.69. The van der Waals surface area contributed by atoms with Crippen molar-refractivity contribution >= 4 is 5.78 Å². The summed E-state index contributed by atoms with van der Waals surface area (Å²) in [5.41, 5.74) is 0.620. The number of allylic oxidation sites excluding steroid dienone is 3. The lowest BCUT2D eigenvalue weighted by molar-refractivity contribution is -0.113. The third kappa shape index (κ3) is 0.980. The molecule has 1 heterocycles. The van der Waals surface area contributed by atoms with E-state index in [1.807, 2.05) is 0 Å². The van der Waals surface area contributed by atoms with Crippen LogP contribution >= 0.6 is 0 Å². The summed E-state index contributed by atoms with van der Waals surface area (Å²) in [6.07, 6.45) is 4.04. The van der Waals surface area contributed by atoms with Crippen molar-refractivity contribution in [2.24, 2.45) is 0 Å². The Morgan fingerprint density at radius 2 is 2.44 bits per heavy atom. The van der Waals surface area contributed by atoms with Crippen molar-refractivity contribution in [2.75, 3.05) is 0 Å². The van der Waals surface area contributed by atoms with E-state index in [-0.39, 0.29) is 5.78 Å². The molecule has 1 aliphatic rings. The van der Waals surface area contributed by atoms with Crippen LogP contribution in [0.3, 0.4) is 0 Å². The first kappa shape index (κ1) is 5.99. The van der Waals surface area contributed by atoms with E-state index in [9.17, 15) is 4.79 Å². The summed E-state index contributed by atoms with van der Waals surface area (Å²) in [4.78, 5) is 10.6. The quantitative estimate of drug-likeness (QED) is 0.489. The molecule has 0 aliphatic carbocycles. The van der Waals surface area contributed by atoms with Crippen molar-refractivity contribution < 1.29 is 9.53 Å². The van der Waals surface area contributed by atoms with Gasteiger partial charge in [-0.3, -0.25) is 9.53 Å². The van der Waals surface area contributed by atoms with E-state index >= 15 is 0 Å². The highest BCUT2D eigenvalue weighted by Gasteiger charge is 2.23. The van der Waals surface area contributed by atoms with E-state index in [2.05, 4.69) is 6.26 Å². The van der Waals surface area contributed by atoms with Gasteiger partial charge in [-0.1, -0.05) is 0 Å². The molecule has 1 rings (SSSR count). The summed E-state index contributed by atoms with van der Waals surface area (Å²) in [5, 5.41) is 0. The van der Waals surface area contributed by atoms with Gasteiger partial charge in [0.2, 0.25) is 17.6 Å². The molecule has 0 N–H and O–H groups in total. The molecule has 46 valence electrons. The van der Waals surface area contributed by atoms with Crippen molar-refractivity contribution in [1.29, 1.82) is 0 Å². The molecule has 0 aromatic carbocycles. The van der Waals surface area contributed by atoms with E-state index in [0.29, 0.717) is 11.3 Å². The summed E-state index contributed by atoms with van der Waals surface area (Å²) in [5.74, 6) is 0.667. The fraction of sp³-hybridized carbons (Fsp3) is 0.286. The number of Topliss-reactive ketones (excluding diaryl/α,β-unsaturated/α-hetero) is 1. The molecule has 2 nitrogen and oxygen atoms in total. The standard InChI is InChI=1S/C7H7O2/c1-5(8)7-3-4-9-6(7)2/h3H,1-2H3/q+1. The lowest BCUT2D eigenvalue weighted by atomic mass is 10.2. The molecule has 0 unspecified atom stereocenters. The Balaban J connectivity index is 2.89. The second-order valence-corrected chi connectivity index (χ2v) is 1.89. The van der Waals surface area contributed by atoms with E-state index < -0.39 is 0 Å². The largest absolute Gasteiger partial charge is 0.279 e. The van der Waals surface area contributed by atoms with Gasteiger partial charge in [-0.2, -0.15) is 0 Å². The van der Waals surface area contributed by atoms with Crippen LogP contribution in [-0.2, 0) is 9.53 Å². The average Bonchev–Trinajstić information content (AvgIpc) is 2.13. The summed E-state index contributed by atoms with van der Waals surface area (Å²) in [6.45, 7) is 3.25. The van der Waals surface area contributed by atoms with Crippen molar-refractivity contribution in [3.8, 4) is 0 Å². The van der Waals surface area contributed by atoms with Crippen LogP contribution in [0.2, 0.25) is 0 Å². The second kappa shape index (κ2) is 2.00. The average molecular weight is 123 g/mol. The number of ketones is 1. The molecule has 0 spiro atoms. The van der Waals surface area contributed by atoms with Crippen LogP contribution in [0.15, 0.2) is 17.4 Å². The van der Waals surface area contributed by atoms with Crippen LogP contribution in [0.25, 0.3) is 0 Å². The third-order valence-electron chi connectivity index (χ3n) is 1.17. The number of carbonyl (C=O) groups excluding carboxylic acids is 1. The summed E-state index contributed by atoms with van der Waals surface area (Å²) < 4.78 is 4.78. The van der Waals surface area contributed by atoms with E-state index in [4.69, 9.17) is 4.74 Å². The Morgan fingerprint density at radius 1 is 1.78 bits per heavy atom. The van der Waals surface area contributed by atoms with Gasteiger partial charge >= 0.3 is 0 Å². The number of ether oxygens (including phenoxy) is 1. The molecule has 0 saturated carbocycles. The van der Waals surface area contributed by atoms with Gasteiger partial charge in [0, 0.05) is 6.92 Å². The van der Waals surface area contributed by atoms with Gasteiger partial charge in [-0.15, -0.1) is 0 Å². The number of hydrogen-bond donors (Lipinski definition) is 0. The Morgan fingerprint density at radius 3 is 2.67 bits per heavy atom. The van der Waals surface area contributed by atoms with Gasteiger partial charge in [-0.05, 0) is 0 Å². The highest BCUT2D eigenvalue weighted by molar-refractivity contribution is 5.96. The highest BCUT2D eigenvalue weighted by atomic mass is 16.5. The Hall–Kier alpha value is -1.14. The number of hydrogen-bond acceptors (Lipinski definition) is 2. The van der Waals surface area contributed by atoms with Gasteiger partial charge in [0.25, 0.3) is 5.76 Å². The molecule has 0 amide bonds. The molecule has 0 bridgehead atoms. The zero-order chi connectivity index (χ0) is 6.85. The lowest BCUT2D eigenvalue weighted by Gasteiger charge is -1.79. The minimum Gasteiger partial charge on any atom is -0.279 e. The van der Waals surface area contributed by atoms with Crippen LogP contribution in [0.5, 0.6) is 0 Å². The minimum absolute atomic E-state index is 0.0255. The van der Waals surface area contributed by atoms with E-state index in [0.717, 1.165) is 0 Å². The van der Waals surface area contributed by atoms with Crippen molar-refractivity contribution in [3.05, 3.63) is 23.7 Å². The second-order valence-electron chi connectivity index (χ2n) is 1.89. The van der Waals surface area contributed by atoms with Gasteiger partial charge in [0.1, 0.15) is 0 Å². The fourth-order valence-corrected chi connectivity index (χ4v) is 0.683. The molecule has 0 aromatic heterocycles. The molecule has 0 saturated heterocycles. The van der Waals surface area contributed by atoms with E-state index in [1.165, 1.54) is 6.92 Å². The monoisotopic (exact) mass is 123 g/mol. The first-order chi connectivity index (χ1) is 4.22. The smallest absolute Gasteiger partial charge is 0.275 e. The maximum atomic E-state index is 10.6. The molecular formula is C7H7O2+. The molecule has 0 fully saturated rings. The van der Waals surface area contributed by atoms with Crippen LogP contribution in [-0.4, -0.2) is 5.78 Å². The van der Waals surface area contributed by atoms with Crippen molar-refractivity contribution in [2.45, 2.75) is 13.8 Å².